The van der Waals surface area contributed by atoms with Gasteiger partial charge in [0.15, 0.2) is 0 Å². The van der Waals surface area contributed by atoms with E-state index < -0.39 is 15.3 Å². The van der Waals surface area contributed by atoms with Gasteiger partial charge in [-0.25, -0.2) is 0 Å². The predicted octanol–water partition coefficient (Wildman–Crippen LogP) is -1.07. The Balaban J connectivity index is -0.000000140. The van der Waals surface area contributed by atoms with Gasteiger partial charge in [0.25, 0.3) is 0 Å². The summed E-state index contributed by atoms with van der Waals surface area (Å²) < 4.78 is 0. The minimum atomic E-state index is -1.75. The molecule has 0 radical (unpaired) electrons. The van der Waals surface area contributed by atoms with Gasteiger partial charge in [0.2, 0.25) is 0 Å². The second-order valence-electron chi connectivity index (χ2n) is 3.81. The summed E-state index contributed by atoms with van der Waals surface area (Å²) in [5.41, 5.74) is 9.48. The van der Waals surface area contributed by atoms with E-state index in [9.17, 15) is 0 Å². The molecule has 0 unspecified atom stereocenters. The topological polar surface area (TPSA) is 280 Å². The number of quaternary nitrogens is 2. The molecular formula is C12H18AgN7O9. The third-order valence-corrected chi connectivity index (χ3v) is 1.96. The van der Waals surface area contributed by atoms with Gasteiger partial charge in [-0.2, -0.15) is 0 Å². The fraction of sp³-hybridized carbons (Fsp3) is 0.167. The van der Waals surface area contributed by atoms with Crippen molar-refractivity contribution in [3.8, 4) is 0 Å². The zero-order valence-electron chi connectivity index (χ0n) is 14.7. The van der Waals surface area contributed by atoms with Crippen molar-refractivity contribution in [2.45, 2.75) is 13.1 Å². The van der Waals surface area contributed by atoms with Crippen LogP contribution in [-0.2, 0) is 35.5 Å². The van der Waals surface area contributed by atoms with E-state index in [4.69, 9.17) is 46.0 Å². The van der Waals surface area contributed by atoms with E-state index in [2.05, 4.69) is 21.4 Å². The molecule has 0 amide bonds. The second-order valence-corrected chi connectivity index (χ2v) is 3.81. The average molecular weight is 512 g/mol. The molecule has 6 N–H and O–H groups in total. The van der Waals surface area contributed by atoms with Gasteiger partial charge in [0.1, 0.15) is 13.1 Å². The van der Waals surface area contributed by atoms with Gasteiger partial charge in [-0.05, 0) is 24.3 Å². The Bertz CT molecular complexity index is 573. The van der Waals surface area contributed by atoms with Crippen molar-refractivity contribution in [1.29, 1.82) is 0 Å². The van der Waals surface area contributed by atoms with Crippen LogP contribution in [0.15, 0.2) is 48.8 Å². The van der Waals surface area contributed by atoms with Crippen LogP contribution in [0.2, 0.25) is 0 Å². The van der Waals surface area contributed by atoms with Crippen LogP contribution in [0.25, 0.3) is 0 Å². The summed E-state index contributed by atoms with van der Waals surface area (Å²) in [5, 5.41) is 44.2. The molecule has 2 heterocycles. The van der Waals surface area contributed by atoms with E-state index in [1.807, 2.05) is 36.4 Å². The van der Waals surface area contributed by atoms with E-state index in [-0.39, 0.29) is 22.4 Å². The molecule has 0 saturated carbocycles. The van der Waals surface area contributed by atoms with Crippen LogP contribution in [0.5, 0.6) is 0 Å². The summed E-state index contributed by atoms with van der Waals surface area (Å²) >= 11 is 0. The maximum absolute atomic E-state index is 8.25. The minimum Gasteiger partial charge on any atom is -0.356 e. The quantitative estimate of drug-likeness (QED) is 0.277. The molecule has 2 aromatic rings. The zero-order valence-corrected chi connectivity index (χ0v) is 16.1. The van der Waals surface area contributed by atoms with Crippen LogP contribution in [0.3, 0.4) is 0 Å². The Kier molecular flexibility index (Phi) is 28.1. The molecule has 0 aromatic carbocycles. The van der Waals surface area contributed by atoms with Gasteiger partial charge in [-0.1, -0.05) is 12.1 Å². The first kappa shape index (κ1) is 33.2. The molecule has 29 heavy (non-hydrogen) atoms. The standard InChI is InChI=1S/2C6H8N2.Ag.3NO3/c2*7-5-6-3-1-2-4-8-6;;3*2-1(3)4/h2*1-4H,5,7H2;;;;/q;;+1;3*-1/p+2. The van der Waals surface area contributed by atoms with Gasteiger partial charge in [-0.15, -0.1) is 0 Å². The summed E-state index contributed by atoms with van der Waals surface area (Å²) in [7, 11) is 0. The summed E-state index contributed by atoms with van der Waals surface area (Å²) in [5.74, 6) is 0. The van der Waals surface area contributed by atoms with Crippen LogP contribution < -0.4 is 11.5 Å². The number of pyridine rings is 2. The molecule has 0 aliphatic rings. The number of hydrogen-bond donors (Lipinski definition) is 2. The second kappa shape index (κ2) is 24.6. The van der Waals surface area contributed by atoms with Gasteiger partial charge < -0.3 is 57.4 Å². The maximum atomic E-state index is 8.25. The van der Waals surface area contributed by atoms with Crippen LogP contribution in [0, 0.1) is 46.0 Å². The normalized spacial score (nSPS) is 7.52. The molecule has 17 heteroatoms. The Hall–Kier alpha value is -3.44. The molecule has 0 aliphatic carbocycles. The summed E-state index contributed by atoms with van der Waals surface area (Å²) in [6, 6.07) is 11.7. The van der Waals surface area contributed by atoms with Crippen LogP contribution in [-0.4, -0.2) is 25.2 Å². The molecule has 166 valence electrons. The predicted molar refractivity (Wildman–Crippen MR) is 92.7 cm³/mol. The zero-order chi connectivity index (χ0) is 22.4. The SMILES string of the molecule is O=[N+]([O-])[O-].O=[N+]([O-])[O-].O=[N+]([O-])[O-].[Ag+].[NH3+]Cc1ccccn1.[NH3+]Cc1ccccn1. The van der Waals surface area contributed by atoms with E-state index in [0.29, 0.717) is 0 Å². The third kappa shape index (κ3) is 45.6. The van der Waals surface area contributed by atoms with Crippen molar-refractivity contribution in [2.75, 3.05) is 0 Å². The monoisotopic (exact) mass is 511 g/mol. The van der Waals surface area contributed by atoms with Gasteiger partial charge in [0.05, 0.1) is 26.6 Å². The Morgan fingerprint density at radius 3 is 1.00 bits per heavy atom. The van der Waals surface area contributed by atoms with Crippen molar-refractivity contribution in [1.82, 2.24) is 9.97 Å². The smallest absolute Gasteiger partial charge is 0.356 e. The molecule has 0 saturated heterocycles. The molecule has 2 rings (SSSR count). The number of nitrogens with zero attached hydrogens (tertiary/aromatic N) is 5. The van der Waals surface area contributed by atoms with Crippen molar-refractivity contribution in [3.63, 3.8) is 0 Å². The van der Waals surface area contributed by atoms with Crippen LogP contribution >= 0.6 is 0 Å². The maximum Gasteiger partial charge on any atom is 1.00 e. The van der Waals surface area contributed by atoms with Gasteiger partial charge in [0, 0.05) is 12.4 Å². The Morgan fingerprint density at radius 1 is 0.655 bits per heavy atom. The van der Waals surface area contributed by atoms with Crippen molar-refractivity contribution in [2.24, 2.45) is 0 Å². The minimum absolute atomic E-state index is 0. The number of hydrogen-bond acceptors (Lipinski definition) is 11. The van der Waals surface area contributed by atoms with E-state index >= 15 is 0 Å². The molecule has 0 fully saturated rings. The third-order valence-electron chi connectivity index (χ3n) is 1.96. The van der Waals surface area contributed by atoms with Gasteiger partial charge in [-0.3, -0.25) is 9.97 Å². The van der Waals surface area contributed by atoms with E-state index in [0.717, 1.165) is 24.5 Å². The number of aromatic nitrogens is 2. The summed E-state index contributed by atoms with van der Waals surface area (Å²) in [6.07, 6.45) is 3.56. The first-order chi connectivity index (χ1) is 13.1. The molecule has 0 bridgehead atoms. The van der Waals surface area contributed by atoms with E-state index in [1.54, 1.807) is 12.4 Å². The molecule has 0 atom stereocenters. The van der Waals surface area contributed by atoms with E-state index in [1.165, 1.54) is 0 Å². The fourth-order valence-corrected chi connectivity index (χ4v) is 1.09. The molecule has 2 aromatic heterocycles. The molecule has 16 nitrogen and oxygen atoms in total. The average Bonchev–Trinajstić information content (AvgIpc) is 2.62. The first-order valence-corrected chi connectivity index (χ1v) is 6.89. The fourth-order valence-electron chi connectivity index (χ4n) is 1.09. The molecule has 0 aliphatic heterocycles. The van der Waals surface area contributed by atoms with Gasteiger partial charge >= 0.3 is 22.4 Å². The van der Waals surface area contributed by atoms with Crippen molar-refractivity contribution < 1.29 is 49.1 Å². The van der Waals surface area contributed by atoms with Crippen molar-refractivity contribution in [3.05, 3.63) is 106 Å². The summed E-state index contributed by atoms with van der Waals surface area (Å²) in [6.45, 7) is 1.56. The molecule has 0 spiro atoms. The Morgan fingerprint density at radius 2 is 0.897 bits per heavy atom. The summed E-state index contributed by atoms with van der Waals surface area (Å²) in [4.78, 5) is 32.8. The number of rotatable bonds is 2. The largest absolute Gasteiger partial charge is 1.00 e. The van der Waals surface area contributed by atoms with Crippen LogP contribution in [0.4, 0.5) is 0 Å². The van der Waals surface area contributed by atoms with Crippen LogP contribution in [0.1, 0.15) is 11.4 Å². The van der Waals surface area contributed by atoms with Crippen molar-refractivity contribution >= 4 is 0 Å². The Labute approximate surface area is 178 Å². The first-order valence-electron chi connectivity index (χ1n) is 6.89. The molecular weight excluding hydrogens is 494 g/mol.